The molecule has 0 rings (SSSR count). The first-order chi connectivity index (χ1) is 4.91. The van der Waals surface area contributed by atoms with E-state index in [1.165, 1.54) is 0 Å². The fourth-order valence-corrected chi connectivity index (χ4v) is 0.577. The summed E-state index contributed by atoms with van der Waals surface area (Å²) in [7, 11) is 0. The fourth-order valence-electron chi connectivity index (χ4n) is 0.577. The predicted octanol–water partition coefficient (Wildman–Crippen LogP) is 3.25. The van der Waals surface area contributed by atoms with E-state index in [2.05, 4.69) is 25.3 Å². The number of hydrogen-bond donors (Lipinski definition) is 0. The van der Waals surface area contributed by atoms with E-state index in [0.29, 0.717) is 0 Å². The second-order valence-electron chi connectivity index (χ2n) is 1.91. The summed E-state index contributed by atoms with van der Waals surface area (Å²) in [4.78, 5) is 0. The zero-order valence-electron chi connectivity index (χ0n) is 6.29. The van der Waals surface area contributed by atoms with Crippen molar-refractivity contribution in [1.82, 2.24) is 0 Å². The standard InChI is InChI=1S/C10H14/c1-3-5-7-9-10-8-6-4-2/h3-8H,1-2,9-10H2. The van der Waals surface area contributed by atoms with Crippen LogP contribution in [0.25, 0.3) is 0 Å². The van der Waals surface area contributed by atoms with E-state index in [4.69, 9.17) is 0 Å². The zero-order chi connectivity index (χ0) is 7.66. The molecule has 0 unspecified atom stereocenters. The van der Waals surface area contributed by atoms with Gasteiger partial charge >= 0.3 is 0 Å². The van der Waals surface area contributed by atoms with E-state index < -0.39 is 0 Å². The van der Waals surface area contributed by atoms with Gasteiger partial charge in [0, 0.05) is 0 Å². The topological polar surface area (TPSA) is 0 Å². The van der Waals surface area contributed by atoms with Crippen LogP contribution in [-0.4, -0.2) is 0 Å². The lowest BCUT2D eigenvalue weighted by atomic mass is 10.2. The van der Waals surface area contributed by atoms with Gasteiger partial charge in [-0.3, -0.25) is 0 Å². The van der Waals surface area contributed by atoms with Gasteiger partial charge in [-0.05, 0) is 12.8 Å². The molecule has 0 amide bonds. The molecule has 0 saturated carbocycles. The van der Waals surface area contributed by atoms with Crippen molar-refractivity contribution in [3.8, 4) is 0 Å². The van der Waals surface area contributed by atoms with Crippen LogP contribution >= 0.6 is 0 Å². The maximum Gasteiger partial charge on any atom is -0.0313 e. The van der Waals surface area contributed by atoms with Gasteiger partial charge in [0.25, 0.3) is 0 Å². The second-order valence-corrected chi connectivity index (χ2v) is 1.91. The van der Waals surface area contributed by atoms with Gasteiger partial charge in [0.1, 0.15) is 0 Å². The van der Waals surface area contributed by atoms with Crippen molar-refractivity contribution >= 4 is 0 Å². The average molecular weight is 134 g/mol. The van der Waals surface area contributed by atoms with Crippen molar-refractivity contribution in [1.29, 1.82) is 0 Å². The van der Waals surface area contributed by atoms with Crippen molar-refractivity contribution in [2.75, 3.05) is 0 Å². The highest BCUT2D eigenvalue weighted by Crippen LogP contribution is 1.92. The first kappa shape index (κ1) is 8.96. The van der Waals surface area contributed by atoms with Gasteiger partial charge in [-0.25, -0.2) is 0 Å². The molecule has 0 aliphatic rings. The van der Waals surface area contributed by atoms with Gasteiger partial charge in [-0.1, -0.05) is 49.6 Å². The smallest absolute Gasteiger partial charge is 0.0313 e. The van der Waals surface area contributed by atoms with E-state index in [1.54, 1.807) is 12.2 Å². The molecule has 0 heterocycles. The number of allylic oxidation sites excluding steroid dienone is 6. The van der Waals surface area contributed by atoms with Crippen molar-refractivity contribution in [3.05, 3.63) is 49.6 Å². The lowest BCUT2D eigenvalue weighted by Gasteiger charge is -1.82. The van der Waals surface area contributed by atoms with Crippen LogP contribution in [0, 0.1) is 0 Å². The van der Waals surface area contributed by atoms with Crippen LogP contribution in [0.4, 0.5) is 0 Å². The highest BCUT2D eigenvalue weighted by Gasteiger charge is 1.72. The Balaban J connectivity index is 3.19. The Bertz CT molecular complexity index is 120. The molecule has 0 bridgehead atoms. The van der Waals surface area contributed by atoms with Crippen molar-refractivity contribution in [2.45, 2.75) is 12.8 Å². The van der Waals surface area contributed by atoms with Crippen LogP contribution in [0.2, 0.25) is 0 Å². The minimum Gasteiger partial charge on any atom is -0.0991 e. The first-order valence-corrected chi connectivity index (χ1v) is 3.47. The minimum atomic E-state index is 1.08. The molecule has 0 aromatic carbocycles. The van der Waals surface area contributed by atoms with Crippen LogP contribution in [0.3, 0.4) is 0 Å². The fraction of sp³-hybridized carbons (Fsp3) is 0.200. The third-order valence-corrected chi connectivity index (χ3v) is 1.04. The van der Waals surface area contributed by atoms with Crippen LogP contribution in [0.15, 0.2) is 49.6 Å². The third kappa shape index (κ3) is 6.96. The summed E-state index contributed by atoms with van der Waals surface area (Å²) < 4.78 is 0. The molecule has 0 nitrogen and oxygen atoms in total. The predicted molar refractivity (Wildman–Crippen MR) is 47.9 cm³/mol. The van der Waals surface area contributed by atoms with E-state index in [0.717, 1.165) is 12.8 Å². The van der Waals surface area contributed by atoms with Crippen molar-refractivity contribution < 1.29 is 0 Å². The Labute approximate surface area is 63.3 Å². The van der Waals surface area contributed by atoms with E-state index in [-0.39, 0.29) is 0 Å². The molecule has 0 heteroatoms. The average Bonchev–Trinajstić information content (AvgIpc) is 1.97. The maximum atomic E-state index is 3.57. The van der Waals surface area contributed by atoms with Gasteiger partial charge in [-0.2, -0.15) is 0 Å². The molecule has 0 aromatic heterocycles. The van der Waals surface area contributed by atoms with E-state index in [9.17, 15) is 0 Å². The summed E-state index contributed by atoms with van der Waals surface area (Å²) in [5.74, 6) is 0. The van der Waals surface area contributed by atoms with Gasteiger partial charge < -0.3 is 0 Å². The largest absolute Gasteiger partial charge is 0.0991 e. The third-order valence-electron chi connectivity index (χ3n) is 1.04. The first-order valence-electron chi connectivity index (χ1n) is 3.47. The maximum absolute atomic E-state index is 3.57. The lowest BCUT2D eigenvalue weighted by molar-refractivity contribution is 1.05. The van der Waals surface area contributed by atoms with Crippen LogP contribution in [-0.2, 0) is 0 Å². The van der Waals surface area contributed by atoms with Gasteiger partial charge in [-0.15, -0.1) is 0 Å². The molecule has 0 spiro atoms. The van der Waals surface area contributed by atoms with Crippen molar-refractivity contribution in [3.63, 3.8) is 0 Å². The Morgan fingerprint density at radius 1 is 0.800 bits per heavy atom. The van der Waals surface area contributed by atoms with Gasteiger partial charge in [0.15, 0.2) is 0 Å². The molecule has 0 radical (unpaired) electrons. The summed E-state index contributed by atoms with van der Waals surface area (Å²) in [5.41, 5.74) is 0. The molecule has 0 N–H and O–H groups in total. The zero-order valence-corrected chi connectivity index (χ0v) is 6.29. The minimum absolute atomic E-state index is 1.08. The van der Waals surface area contributed by atoms with Gasteiger partial charge in [0.05, 0.1) is 0 Å². The molecule has 0 fully saturated rings. The second kappa shape index (κ2) is 7.96. The normalized spacial score (nSPS) is 10.8. The van der Waals surface area contributed by atoms with Gasteiger partial charge in [0.2, 0.25) is 0 Å². The van der Waals surface area contributed by atoms with Crippen LogP contribution in [0.1, 0.15) is 12.8 Å². The Hall–Kier alpha value is -1.04. The summed E-state index contributed by atoms with van der Waals surface area (Å²) in [6, 6.07) is 0. The molecule has 0 atom stereocenters. The van der Waals surface area contributed by atoms with Crippen molar-refractivity contribution in [2.24, 2.45) is 0 Å². The number of hydrogen-bond acceptors (Lipinski definition) is 0. The molecule has 0 aliphatic heterocycles. The molecule has 0 aromatic rings. The Morgan fingerprint density at radius 2 is 1.20 bits per heavy atom. The lowest BCUT2D eigenvalue weighted by Crippen LogP contribution is -1.61. The summed E-state index contributed by atoms with van der Waals surface area (Å²) in [6.07, 6.45) is 13.9. The summed E-state index contributed by atoms with van der Waals surface area (Å²) in [6.45, 7) is 7.15. The molecular weight excluding hydrogens is 120 g/mol. The molecular formula is C10H14. The Morgan fingerprint density at radius 3 is 1.50 bits per heavy atom. The van der Waals surface area contributed by atoms with Crippen LogP contribution < -0.4 is 0 Å². The quantitative estimate of drug-likeness (QED) is 0.400. The van der Waals surface area contributed by atoms with Crippen LogP contribution in [0.5, 0.6) is 0 Å². The van der Waals surface area contributed by atoms with E-state index in [1.807, 2.05) is 12.2 Å². The monoisotopic (exact) mass is 134 g/mol. The number of rotatable bonds is 5. The molecule has 10 heavy (non-hydrogen) atoms. The number of unbranched alkanes of at least 4 members (excludes halogenated alkanes) is 1. The SMILES string of the molecule is C=CC=CCCC=CC=C. The molecule has 0 aliphatic carbocycles. The molecule has 54 valence electrons. The summed E-state index contributed by atoms with van der Waals surface area (Å²) >= 11 is 0. The summed E-state index contributed by atoms with van der Waals surface area (Å²) in [5, 5.41) is 0. The Kier molecular flexibility index (Phi) is 7.13. The molecule has 0 saturated heterocycles. The highest BCUT2D eigenvalue weighted by atomic mass is 13.8. The van der Waals surface area contributed by atoms with E-state index >= 15 is 0 Å². The highest BCUT2D eigenvalue weighted by molar-refractivity contribution is 5.00.